The zero-order chi connectivity index (χ0) is 22.6. The van der Waals surface area contributed by atoms with E-state index in [4.69, 9.17) is 4.42 Å². The number of rotatable bonds is 7. The van der Waals surface area contributed by atoms with Crippen LogP contribution in [0.15, 0.2) is 93.5 Å². The minimum atomic E-state index is -0.338. The monoisotopic (exact) mass is 454 g/mol. The molecular formula is C26H22N4O2S. The van der Waals surface area contributed by atoms with E-state index in [0.29, 0.717) is 17.9 Å². The van der Waals surface area contributed by atoms with E-state index in [1.807, 2.05) is 42.5 Å². The number of aromatic nitrogens is 4. The largest absolute Gasteiger partial charge is 0.423 e. The van der Waals surface area contributed by atoms with Crippen LogP contribution < -0.4 is 5.63 Å². The van der Waals surface area contributed by atoms with Gasteiger partial charge in [0.25, 0.3) is 0 Å². The highest BCUT2D eigenvalue weighted by molar-refractivity contribution is 7.98. The Balaban J connectivity index is 1.50. The van der Waals surface area contributed by atoms with Crippen LogP contribution in [-0.2, 0) is 18.7 Å². The molecule has 0 unspecified atom stereocenters. The van der Waals surface area contributed by atoms with Crippen molar-refractivity contribution < 1.29 is 4.42 Å². The molecule has 0 fully saturated rings. The second kappa shape index (κ2) is 9.42. The van der Waals surface area contributed by atoms with Gasteiger partial charge in [-0.2, -0.15) is 0 Å². The summed E-state index contributed by atoms with van der Waals surface area (Å²) in [6, 6.07) is 21.7. The van der Waals surface area contributed by atoms with E-state index >= 15 is 0 Å². The van der Waals surface area contributed by atoms with E-state index in [0.717, 1.165) is 45.0 Å². The molecule has 7 heteroatoms. The summed E-state index contributed by atoms with van der Waals surface area (Å²) in [5, 5.41) is 10.7. The standard InChI is InChI=1S/C26H22N4O2S/c1-2-18-8-9-22-21(15-24(31)32-23(22)14-18)17-33-26-29-28-25(20-10-12-27-13-11-20)30(26)16-19-6-4-3-5-7-19/h3-15H,2,16-17H2,1H3. The van der Waals surface area contributed by atoms with Crippen molar-refractivity contribution in [2.75, 3.05) is 0 Å². The van der Waals surface area contributed by atoms with Crippen LogP contribution >= 0.6 is 11.8 Å². The molecule has 3 aromatic heterocycles. The van der Waals surface area contributed by atoms with Crippen molar-refractivity contribution in [2.45, 2.75) is 30.8 Å². The molecular weight excluding hydrogens is 432 g/mol. The average Bonchev–Trinajstić information content (AvgIpc) is 3.25. The maximum Gasteiger partial charge on any atom is 0.336 e. The molecule has 3 heterocycles. The summed E-state index contributed by atoms with van der Waals surface area (Å²) in [6.45, 7) is 2.73. The van der Waals surface area contributed by atoms with Gasteiger partial charge in [-0.25, -0.2) is 4.79 Å². The predicted molar refractivity (Wildman–Crippen MR) is 130 cm³/mol. The quantitative estimate of drug-likeness (QED) is 0.244. The van der Waals surface area contributed by atoms with Gasteiger partial charge in [0, 0.05) is 35.2 Å². The second-order valence-electron chi connectivity index (χ2n) is 7.68. The fourth-order valence-electron chi connectivity index (χ4n) is 3.77. The summed E-state index contributed by atoms with van der Waals surface area (Å²) in [5.74, 6) is 1.37. The molecule has 0 amide bonds. The number of pyridine rings is 1. The van der Waals surface area contributed by atoms with E-state index < -0.39 is 0 Å². The van der Waals surface area contributed by atoms with Gasteiger partial charge in [0.05, 0.1) is 6.54 Å². The third kappa shape index (κ3) is 4.59. The van der Waals surface area contributed by atoms with Gasteiger partial charge in [-0.3, -0.25) is 9.55 Å². The molecule has 0 atom stereocenters. The number of thioether (sulfide) groups is 1. The molecule has 0 saturated heterocycles. The van der Waals surface area contributed by atoms with Gasteiger partial charge in [0.2, 0.25) is 0 Å². The van der Waals surface area contributed by atoms with Crippen LogP contribution in [0, 0.1) is 0 Å². The van der Waals surface area contributed by atoms with Crippen LogP contribution in [-0.4, -0.2) is 19.7 Å². The molecule has 0 radical (unpaired) electrons. The fourth-order valence-corrected chi connectivity index (χ4v) is 4.70. The first-order chi connectivity index (χ1) is 16.2. The Labute approximate surface area is 195 Å². The lowest BCUT2D eigenvalue weighted by molar-refractivity contribution is 0.559. The smallest absolute Gasteiger partial charge is 0.336 e. The van der Waals surface area contributed by atoms with Gasteiger partial charge in [-0.1, -0.05) is 61.2 Å². The molecule has 2 aromatic carbocycles. The third-order valence-electron chi connectivity index (χ3n) is 5.50. The minimum Gasteiger partial charge on any atom is -0.423 e. The Hall–Kier alpha value is -3.71. The Morgan fingerprint density at radius 1 is 0.939 bits per heavy atom. The van der Waals surface area contributed by atoms with Gasteiger partial charge in [0.15, 0.2) is 11.0 Å². The lowest BCUT2D eigenvalue weighted by Gasteiger charge is -2.11. The number of nitrogens with zero attached hydrogens (tertiary/aromatic N) is 4. The SMILES string of the molecule is CCc1ccc2c(CSc3nnc(-c4ccncc4)n3Cc3ccccc3)cc(=O)oc2c1. The molecule has 164 valence electrons. The van der Waals surface area contributed by atoms with Crippen LogP contribution in [0.4, 0.5) is 0 Å². The van der Waals surface area contributed by atoms with Crippen LogP contribution in [0.2, 0.25) is 0 Å². The average molecular weight is 455 g/mol. The first-order valence-electron chi connectivity index (χ1n) is 10.8. The summed E-state index contributed by atoms with van der Waals surface area (Å²) in [5.41, 5.74) is 4.47. The van der Waals surface area contributed by atoms with Gasteiger partial charge in [-0.05, 0) is 41.3 Å². The highest BCUT2D eigenvalue weighted by atomic mass is 32.2. The Morgan fingerprint density at radius 2 is 1.76 bits per heavy atom. The molecule has 0 aliphatic heterocycles. The Bertz CT molecular complexity index is 1450. The normalized spacial score (nSPS) is 11.2. The van der Waals surface area contributed by atoms with E-state index in [-0.39, 0.29) is 5.63 Å². The number of hydrogen-bond donors (Lipinski definition) is 0. The number of fused-ring (bicyclic) bond motifs is 1. The van der Waals surface area contributed by atoms with E-state index in [1.54, 1.807) is 30.2 Å². The topological polar surface area (TPSA) is 73.8 Å². The van der Waals surface area contributed by atoms with Crippen LogP contribution in [0.3, 0.4) is 0 Å². The van der Waals surface area contributed by atoms with Crippen LogP contribution in [0.5, 0.6) is 0 Å². The molecule has 0 saturated carbocycles. The third-order valence-corrected chi connectivity index (χ3v) is 6.51. The molecule has 0 spiro atoms. The Kier molecular flexibility index (Phi) is 6.04. The van der Waals surface area contributed by atoms with Crippen LogP contribution in [0.1, 0.15) is 23.6 Å². The van der Waals surface area contributed by atoms with E-state index in [2.05, 4.69) is 44.9 Å². The van der Waals surface area contributed by atoms with Gasteiger partial charge in [-0.15, -0.1) is 10.2 Å². The zero-order valence-corrected chi connectivity index (χ0v) is 19.0. The summed E-state index contributed by atoms with van der Waals surface area (Å²) >= 11 is 1.56. The minimum absolute atomic E-state index is 0.338. The first-order valence-corrected chi connectivity index (χ1v) is 11.8. The molecule has 33 heavy (non-hydrogen) atoms. The van der Waals surface area contributed by atoms with Crippen molar-refractivity contribution >= 4 is 22.7 Å². The molecule has 0 N–H and O–H groups in total. The summed E-state index contributed by atoms with van der Waals surface area (Å²) in [7, 11) is 0. The lowest BCUT2D eigenvalue weighted by Crippen LogP contribution is -2.05. The number of hydrogen-bond acceptors (Lipinski definition) is 6. The Morgan fingerprint density at radius 3 is 2.55 bits per heavy atom. The van der Waals surface area contributed by atoms with Crippen molar-refractivity contribution in [2.24, 2.45) is 0 Å². The number of aryl methyl sites for hydroxylation is 1. The first kappa shape index (κ1) is 21.2. The molecule has 5 rings (SSSR count). The van der Waals surface area contributed by atoms with Gasteiger partial charge < -0.3 is 4.42 Å². The van der Waals surface area contributed by atoms with E-state index in [1.165, 1.54) is 0 Å². The van der Waals surface area contributed by atoms with Crippen molar-refractivity contribution in [3.8, 4) is 11.4 Å². The molecule has 6 nitrogen and oxygen atoms in total. The predicted octanol–water partition coefficient (Wildman–Crippen LogP) is 5.35. The lowest BCUT2D eigenvalue weighted by atomic mass is 10.1. The maximum atomic E-state index is 12.2. The summed E-state index contributed by atoms with van der Waals surface area (Å²) in [4.78, 5) is 16.3. The van der Waals surface area contributed by atoms with Crippen molar-refractivity contribution in [1.29, 1.82) is 0 Å². The molecule has 5 aromatic rings. The summed E-state index contributed by atoms with van der Waals surface area (Å²) in [6.07, 6.45) is 4.40. The van der Waals surface area contributed by atoms with Gasteiger partial charge >= 0.3 is 5.63 Å². The molecule has 0 bridgehead atoms. The highest BCUT2D eigenvalue weighted by Crippen LogP contribution is 2.29. The van der Waals surface area contributed by atoms with Gasteiger partial charge in [0.1, 0.15) is 5.58 Å². The van der Waals surface area contributed by atoms with Crippen LogP contribution in [0.25, 0.3) is 22.4 Å². The molecule has 0 aliphatic rings. The van der Waals surface area contributed by atoms with Crippen molar-refractivity contribution in [3.63, 3.8) is 0 Å². The van der Waals surface area contributed by atoms with Crippen molar-refractivity contribution in [1.82, 2.24) is 19.7 Å². The highest BCUT2D eigenvalue weighted by Gasteiger charge is 2.16. The summed E-state index contributed by atoms with van der Waals surface area (Å²) < 4.78 is 7.57. The van der Waals surface area contributed by atoms with E-state index in [9.17, 15) is 4.79 Å². The van der Waals surface area contributed by atoms with Crippen molar-refractivity contribution in [3.05, 3.63) is 106 Å². The molecule has 0 aliphatic carbocycles. The maximum absolute atomic E-state index is 12.2. The number of benzene rings is 2. The zero-order valence-electron chi connectivity index (χ0n) is 18.1. The fraction of sp³-hybridized carbons (Fsp3) is 0.154. The second-order valence-corrected chi connectivity index (χ2v) is 8.62.